The van der Waals surface area contributed by atoms with Crippen LogP contribution in [0.3, 0.4) is 0 Å². The van der Waals surface area contributed by atoms with E-state index >= 15 is 0 Å². The Hall–Kier alpha value is -0.600. The highest BCUT2D eigenvalue weighted by Gasteiger charge is 2.35. The average Bonchev–Trinajstić information content (AvgIpc) is 2.91. The van der Waals surface area contributed by atoms with Crippen molar-refractivity contribution in [2.45, 2.75) is 6.42 Å². The minimum atomic E-state index is -0.181. The predicted molar refractivity (Wildman–Crippen MR) is 98.0 cm³/mol. The van der Waals surface area contributed by atoms with Crippen molar-refractivity contribution in [1.29, 1.82) is 0 Å². The third-order valence-electron chi connectivity index (χ3n) is 4.43. The Morgan fingerprint density at radius 1 is 1.29 bits per heavy atom. The van der Waals surface area contributed by atoms with Crippen LogP contribution in [0.4, 0.5) is 0 Å². The van der Waals surface area contributed by atoms with Crippen molar-refractivity contribution in [3.63, 3.8) is 0 Å². The lowest BCUT2D eigenvalue weighted by Gasteiger charge is -2.28. The van der Waals surface area contributed by atoms with Gasteiger partial charge in [-0.15, -0.1) is 24.8 Å². The van der Waals surface area contributed by atoms with Gasteiger partial charge in [-0.05, 0) is 7.05 Å². The molecule has 142 valence electrons. The molecule has 0 aromatic heterocycles. The first-order valence-corrected chi connectivity index (χ1v) is 8.09. The third-order valence-corrected chi connectivity index (χ3v) is 4.43. The molecule has 0 radical (unpaired) electrons. The van der Waals surface area contributed by atoms with E-state index in [-0.39, 0.29) is 42.5 Å². The monoisotopic (exact) mass is 384 g/mol. The first-order valence-electron chi connectivity index (χ1n) is 8.09. The van der Waals surface area contributed by atoms with Gasteiger partial charge in [0.25, 0.3) is 0 Å². The van der Waals surface area contributed by atoms with E-state index in [2.05, 4.69) is 10.2 Å². The van der Waals surface area contributed by atoms with Crippen LogP contribution in [0.5, 0.6) is 0 Å². The summed E-state index contributed by atoms with van der Waals surface area (Å²) in [4.78, 5) is 30.3. The molecule has 1 atom stereocenters. The van der Waals surface area contributed by atoms with Gasteiger partial charge in [0.1, 0.15) is 0 Å². The topological polar surface area (TPSA) is 65.1 Å². The molecule has 0 aliphatic carbocycles. The van der Waals surface area contributed by atoms with Crippen LogP contribution < -0.4 is 5.32 Å². The molecular formula is C15H30Cl2N4O3. The molecule has 2 heterocycles. The molecule has 2 rings (SSSR count). The molecule has 2 aliphatic rings. The Kier molecular flexibility index (Phi) is 11.6. The molecule has 0 bridgehead atoms. The van der Waals surface area contributed by atoms with Crippen LogP contribution in [-0.4, -0.2) is 99.6 Å². The normalized spacial score (nSPS) is 21.2. The van der Waals surface area contributed by atoms with E-state index in [1.165, 1.54) is 0 Å². The fraction of sp³-hybridized carbons (Fsp3) is 0.867. The number of likely N-dealkylation sites (tertiary alicyclic amines) is 1. The quantitative estimate of drug-likeness (QED) is 0.651. The van der Waals surface area contributed by atoms with Crippen molar-refractivity contribution in [1.82, 2.24) is 20.0 Å². The fourth-order valence-corrected chi connectivity index (χ4v) is 2.94. The molecule has 24 heavy (non-hydrogen) atoms. The molecule has 0 saturated carbocycles. The molecule has 2 fully saturated rings. The number of halogens is 2. The smallest absolute Gasteiger partial charge is 0.227 e. The average molecular weight is 385 g/mol. The number of nitrogens with zero attached hydrogens (tertiary/aromatic N) is 3. The maximum atomic E-state index is 12.3. The lowest BCUT2D eigenvalue weighted by atomic mass is 10.1. The van der Waals surface area contributed by atoms with Crippen LogP contribution in [-0.2, 0) is 14.3 Å². The summed E-state index contributed by atoms with van der Waals surface area (Å²) in [5.41, 5.74) is 0. The van der Waals surface area contributed by atoms with Crippen molar-refractivity contribution >= 4 is 36.6 Å². The predicted octanol–water partition coefficient (Wildman–Crippen LogP) is -0.311. The van der Waals surface area contributed by atoms with Crippen LogP contribution in [0.25, 0.3) is 0 Å². The largest absolute Gasteiger partial charge is 0.379 e. The highest BCUT2D eigenvalue weighted by molar-refractivity contribution is 5.89. The zero-order valence-electron chi connectivity index (χ0n) is 14.5. The molecule has 2 aliphatic heterocycles. The number of carbonyl (C=O) groups excluding carboxylic acids is 2. The number of carbonyl (C=O) groups is 2. The van der Waals surface area contributed by atoms with Crippen molar-refractivity contribution < 1.29 is 14.3 Å². The van der Waals surface area contributed by atoms with E-state index in [9.17, 15) is 9.59 Å². The van der Waals surface area contributed by atoms with Gasteiger partial charge in [-0.1, -0.05) is 0 Å². The van der Waals surface area contributed by atoms with Crippen molar-refractivity contribution in [2.24, 2.45) is 5.92 Å². The number of ether oxygens (including phenoxy) is 1. The van der Waals surface area contributed by atoms with E-state index in [0.717, 1.165) is 39.4 Å². The molecule has 1 unspecified atom stereocenters. The number of morpholine rings is 1. The number of nitrogens with one attached hydrogen (secondary N) is 1. The zero-order chi connectivity index (χ0) is 15.9. The standard InChI is InChI=1S/C15H28N4O3.2ClH/c1-16-3-4-17(2)15(21)13-11-14(20)19(12-13)6-5-18-7-9-22-10-8-18;;/h13,16H,3-12H2,1-2H3;2*1H. The Morgan fingerprint density at radius 2 is 1.96 bits per heavy atom. The Labute approximate surface area is 156 Å². The van der Waals surface area contributed by atoms with Crippen LogP contribution in [0, 0.1) is 5.92 Å². The molecule has 0 aromatic carbocycles. The summed E-state index contributed by atoms with van der Waals surface area (Å²) in [7, 11) is 3.67. The van der Waals surface area contributed by atoms with E-state index in [1.807, 2.05) is 11.9 Å². The van der Waals surface area contributed by atoms with Gasteiger partial charge >= 0.3 is 0 Å². The maximum Gasteiger partial charge on any atom is 0.227 e. The first-order chi connectivity index (χ1) is 10.6. The Morgan fingerprint density at radius 3 is 2.58 bits per heavy atom. The van der Waals surface area contributed by atoms with E-state index in [0.29, 0.717) is 26.1 Å². The number of hydrogen-bond donors (Lipinski definition) is 1. The van der Waals surface area contributed by atoms with Gasteiger partial charge < -0.3 is 19.9 Å². The minimum absolute atomic E-state index is 0. The second-order valence-corrected chi connectivity index (χ2v) is 6.06. The lowest BCUT2D eigenvalue weighted by Crippen LogP contribution is -2.42. The third kappa shape index (κ3) is 6.72. The molecule has 2 saturated heterocycles. The molecule has 0 aromatic rings. The summed E-state index contributed by atoms with van der Waals surface area (Å²) in [6.45, 7) is 6.97. The van der Waals surface area contributed by atoms with E-state index < -0.39 is 0 Å². The Balaban J connectivity index is 0.00000264. The number of amides is 2. The first kappa shape index (κ1) is 23.4. The fourth-order valence-electron chi connectivity index (χ4n) is 2.94. The number of likely N-dealkylation sites (N-methyl/N-ethyl adjacent to an activating group) is 2. The summed E-state index contributed by atoms with van der Waals surface area (Å²) in [6, 6.07) is 0. The van der Waals surface area contributed by atoms with Gasteiger partial charge in [0.15, 0.2) is 0 Å². The van der Waals surface area contributed by atoms with Crippen LogP contribution >= 0.6 is 24.8 Å². The zero-order valence-corrected chi connectivity index (χ0v) is 16.2. The van der Waals surface area contributed by atoms with Gasteiger partial charge in [0.05, 0.1) is 19.1 Å². The number of rotatable bonds is 7. The summed E-state index contributed by atoms with van der Waals surface area (Å²) < 4.78 is 5.32. The lowest BCUT2D eigenvalue weighted by molar-refractivity contribution is -0.134. The van der Waals surface area contributed by atoms with Gasteiger partial charge in [-0.3, -0.25) is 14.5 Å². The molecule has 2 amide bonds. The Bertz CT molecular complexity index is 395. The summed E-state index contributed by atoms with van der Waals surface area (Å²) >= 11 is 0. The SMILES string of the molecule is CNCCN(C)C(=O)C1CC(=O)N(CCN2CCOCC2)C1.Cl.Cl. The molecule has 1 N–H and O–H groups in total. The van der Waals surface area contributed by atoms with Crippen molar-refractivity contribution in [3.8, 4) is 0 Å². The van der Waals surface area contributed by atoms with E-state index in [1.54, 1.807) is 11.9 Å². The minimum Gasteiger partial charge on any atom is -0.379 e. The highest BCUT2D eigenvalue weighted by Crippen LogP contribution is 2.19. The molecular weight excluding hydrogens is 355 g/mol. The van der Waals surface area contributed by atoms with Crippen molar-refractivity contribution in [2.75, 3.05) is 73.1 Å². The maximum absolute atomic E-state index is 12.3. The molecule has 7 nitrogen and oxygen atoms in total. The van der Waals surface area contributed by atoms with Gasteiger partial charge in [0.2, 0.25) is 11.8 Å². The molecule has 9 heteroatoms. The van der Waals surface area contributed by atoms with Crippen LogP contribution in [0.2, 0.25) is 0 Å². The van der Waals surface area contributed by atoms with Gasteiger partial charge in [-0.25, -0.2) is 0 Å². The summed E-state index contributed by atoms with van der Waals surface area (Å²) in [5, 5.41) is 3.03. The van der Waals surface area contributed by atoms with Gasteiger partial charge in [0, 0.05) is 59.3 Å². The van der Waals surface area contributed by atoms with Crippen LogP contribution in [0.1, 0.15) is 6.42 Å². The van der Waals surface area contributed by atoms with Crippen molar-refractivity contribution in [3.05, 3.63) is 0 Å². The van der Waals surface area contributed by atoms with Crippen LogP contribution in [0.15, 0.2) is 0 Å². The molecule has 0 spiro atoms. The summed E-state index contributed by atoms with van der Waals surface area (Å²) in [6.07, 6.45) is 0.353. The summed E-state index contributed by atoms with van der Waals surface area (Å²) in [5.74, 6) is 0.00476. The van der Waals surface area contributed by atoms with E-state index in [4.69, 9.17) is 4.74 Å². The number of hydrogen-bond acceptors (Lipinski definition) is 5. The second kappa shape index (κ2) is 11.9. The van der Waals surface area contributed by atoms with Gasteiger partial charge in [-0.2, -0.15) is 0 Å². The highest BCUT2D eigenvalue weighted by atomic mass is 35.5. The second-order valence-electron chi connectivity index (χ2n) is 6.06.